The number of benzene rings is 3. The molecule has 6 heteroatoms. The first-order chi connectivity index (χ1) is 15.9. The lowest BCUT2D eigenvalue weighted by atomic mass is 9.82. The summed E-state index contributed by atoms with van der Waals surface area (Å²) in [5.74, 6) is -0.434. The molecular weight excluding hydrogens is 416 g/mol. The molecule has 0 aliphatic heterocycles. The van der Waals surface area contributed by atoms with Gasteiger partial charge < -0.3 is 20.6 Å². The Balaban J connectivity index is 1.57. The summed E-state index contributed by atoms with van der Waals surface area (Å²) in [5.41, 5.74) is 7.10. The van der Waals surface area contributed by atoms with Crippen LogP contribution in [0.5, 0.6) is 0 Å². The van der Waals surface area contributed by atoms with E-state index in [1.165, 1.54) is 0 Å². The number of hydrogen-bond donors (Lipinski definition) is 3. The van der Waals surface area contributed by atoms with Crippen LogP contribution in [0.4, 0.5) is 0 Å². The molecule has 0 aliphatic carbocycles. The molecule has 3 aromatic carbocycles. The second-order valence-corrected chi connectivity index (χ2v) is 7.79. The molecule has 0 bridgehead atoms. The zero-order valence-electron chi connectivity index (χ0n) is 18.1. The van der Waals surface area contributed by atoms with E-state index in [1.807, 2.05) is 36.4 Å². The van der Waals surface area contributed by atoms with E-state index in [1.54, 1.807) is 61.7 Å². The highest BCUT2D eigenvalue weighted by Gasteiger charge is 2.39. The Labute approximate surface area is 191 Å². The van der Waals surface area contributed by atoms with Gasteiger partial charge in [-0.15, -0.1) is 0 Å². The monoisotopic (exact) mass is 440 g/mol. The summed E-state index contributed by atoms with van der Waals surface area (Å²) in [4.78, 5) is 25.1. The number of aryl methyl sites for hydroxylation is 1. The first kappa shape index (κ1) is 22.0. The topological polar surface area (TPSA) is 106 Å². The van der Waals surface area contributed by atoms with Crippen molar-refractivity contribution in [2.24, 2.45) is 5.73 Å². The van der Waals surface area contributed by atoms with E-state index < -0.39 is 11.5 Å². The van der Waals surface area contributed by atoms with Gasteiger partial charge in [0.1, 0.15) is 5.76 Å². The molecule has 166 valence electrons. The normalized spacial score (nSPS) is 12.7. The Bertz CT molecular complexity index is 1280. The molecule has 2 amide bonds. The van der Waals surface area contributed by atoms with Gasteiger partial charge in [0.15, 0.2) is 5.60 Å². The Morgan fingerprint density at radius 3 is 2.36 bits per heavy atom. The number of nitrogens with two attached hydrogens (primary N) is 1. The van der Waals surface area contributed by atoms with Crippen LogP contribution in [0.2, 0.25) is 0 Å². The van der Waals surface area contributed by atoms with Gasteiger partial charge in [-0.05, 0) is 47.9 Å². The van der Waals surface area contributed by atoms with Gasteiger partial charge in [0.2, 0.25) is 0 Å². The van der Waals surface area contributed by atoms with Crippen LogP contribution in [0.3, 0.4) is 0 Å². The van der Waals surface area contributed by atoms with Gasteiger partial charge in [0.05, 0.1) is 6.26 Å². The maximum absolute atomic E-state index is 12.8. The molecule has 0 spiro atoms. The fraction of sp³-hybridized carbons (Fsp3) is 0.111. The van der Waals surface area contributed by atoms with Crippen LogP contribution < -0.4 is 11.1 Å². The van der Waals surface area contributed by atoms with Gasteiger partial charge in [-0.1, -0.05) is 60.7 Å². The van der Waals surface area contributed by atoms with E-state index in [9.17, 15) is 14.7 Å². The van der Waals surface area contributed by atoms with E-state index in [-0.39, 0.29) is 5.91 Å². The Morgan fingerprint density at radius 1 is 0.970 bits per heavy atom. The largest absolute Gasteiger partial charge is 0.464 e. The molecule has 1 atom stereocenters. The molecule has 4 rings (SSSR count). The van der Waals surface area contributed by atoms with Crippen LogP contribution >= 0.6 is 0 Å². The first-order valence-electron chi connectivity index (χ1n) is 10.5. The summed E-state index contributed by atoms with van der Waals surface area (Å²) in [5, 5.41) is 14.2. The highest BCUT2D eigenvalue weighted by atomic mass is 16.3. The minimum absolute atomic E-state index is 0.277. The lowest BCUT2D eigenvalue weighted by molar-refractivity contribution is -0.133. The minimum atomic E-state index is -2.00. The van der Waals surface area contributed by atoms with Gasteiger partial charge in [0, 0.05) is 23.2 Å². The number of primary amides is 1. The van der Waals surface area contributed by atoms with E-state index in [4.69, 9.17) is 10.2 Å². The number of carbonyl (C=O) groups excluding carboxylic acids is 2. The SMILES string of the molecule is Cc1cc(C(=O)NCc2ccccc2-c2ccco2)ccc1C(O)(C(N)=O)c1ccccc1. The molecule has 4 N–H and O–H groups in total. The predicted molar refractivity (Wildman–Crippen MR) is 125 cm³/mol. The summed E-state index contributed by atoms with van der Waals surface area (Å²) < 4.78 is 5.49. The smallest absolute Gasteiger partial charge is 0.258 e. The van der Waals surface area contributed by atoms with E-state index >= 15 is 0 Å². The number of amides is 2. The quantitative estimate of drug-likeness (QED) is 0.405. The molecule has 1 unspecified atom stereocenters. The molecule has 1 heterocycles. The lowest BCUT2D eigenvalue weighted by Crippen LogP contribution is -2.42. The van der Waals surface area contributed by atoms with Crippen LogP contribution in [-0.2, 0) is 16.9 Å². The van der Waals surface area contributed by atoms with Gasteiger partial charge in [0.25, 0.3) is 11.8 Å². The zero-order valence-corrected chi connectivity index (χ0v) is 18.1. The molecule has 0 fully saturated rings. The number of nitrogens with one attached hydrogen (secondary N) is 1. The third-order valence-electron chi connectivity index (χ3n) is 5.67. The third-order valence-corrected chi connectivity index (χ3v) is 5.67. The molecule has 0 radical (unpaired) electrons. The van der Waals surface area contributed by atoms with Crippen molar-refractivity contribution in [3.63, 3.8) is 0 Å². The summed E-state index contributed by atoms with van der Waals surface area (Å²) >= 11 is 0. The van der Waals surface area contributed by atoms with Gasteiger partial charge in [-0.3, -0.25) is 9.59 Å². The molecule has 0 saturated carbocycles. The summed E-state index contributed by atoms with van der Waals surface area (Å²) in [6.45, 7) is 2.04. The molecule has 0 saturated heterocycles. The number of furan rings is 1. The Hall–Kier alpha value is -4.16. The van der Waals surface area contributed by atoms with Crippen molar-refractivity contribution in [2.75, 3.05) is 0 Å². The van der Waals surface area contributed by atoms with Crippen LogP contribution in [0.25, 0.3) is 11.3 Å². The molecule has 4 aromatic rings. The predicted octanol–water partition coefficient (Wildman–Crippen LogP) is 3.91. The highest BCUT2D eigenvalue weighted by Crippen LogP contribution is 2.32. The number of aliphatic hydroxyl groups is 1. The summed E-state index contributed by atoms with van der Waals surface area (Å²) in [6, 6.07) is 24.7. The van der Waals surface area contributed by atoms with E-state index in [2.05, 4.69) is 5.32 Å². The fourth-order valence-corrected chi connectivity index (χ4v) is 3.94. The standard InChI is InChI=1S/C27H24N2O4/c1-18-16-19(13-14-23(18)27(32,26(28)31)21-9-3-2-4-10-21)25(30)29-17-20-8-5-6-11-22(20)24-12-7-15-33-24/h2-16,32H,17H2,1H3,(H2,28,31)(H,29,30). The van der Waals surface area contributed by atoms with Crippen molar-refractivity contribution in [3.05, 3.63) is 119 Å². The van der Waals surface area contributed by atoms with Crippen molar-refractivity contribution in [2.45, 2.75) is 19.1 Å². The van der Waals surface area contributed by atoms with Crippen molar-refractivity contribution in [3.8, 4) is 11.3 Å². The number of hydrogen-bond acceptors (Lipinski definition) is 4. The molecule has 6 nitrogen and oxygen atoms in total. The first-order valence-corrected chi connectivity index (χ1v) is 10.5. The third kappa shape index (κ3) is 4.29. The van der Waals surface area contributed by atoms with Gasteiger partial charge >= 0.3 is 0 Å². The average Bonchev–Trinajstić information content (AvgIpc) is 3.37. The van der Waals surface area contributed by atoms with Crippen LogP contribution in [0.1, 0.15) is 32.6 Å². The van der Waals surface area contributed by atoms with Crippen molar-refractivity contribution < 1.29 is 19.1 Å². The second kappa shape index (κ2) is 9.14. The molecule has 33 heavy (non-hydrogen) atoms. The zero-order chi connectivity index (χ0) is 23.4. The van der Waals surface area contributed by atoms with Crippen LogP contribution in [0, 0.1) is 6.92 Å². The van der Waals surface area contributed by atoms with E-state index in [0.717, 1.165) is 16.9 Å². The summed E-state index contributed by atoms with van der Waals surface area (Å²) in [6.07, 6.45) is 1.61. The fourth-order valence-electron chi connectivity index (χ4n) is 3.94. The van der Waals surface area contributed by atoms with Crippen molar-refractivity contribution >= 4 is 11.8 Å². The lowest BCUT2D eigenvalue weighted by Gasteiger charge is -2.27. The number of carbonyl (C=O) groups is 2. The average molecular weight is 440 g/mol. The summed E-state index contributed by atoms with van der Waals surface area (Å²) in [7, 11) is 0. The van der Waals surface area contributed by atoms with Crippen molar-refractivity contribution in [1.82, 2.24) is 5.32 Å². The maximum atomic E-state index is 12.8. The van der Waals surface area contributed by atoms with Crippen LogP contribution in [0.15, 0.2) is 95.6 Å². The molecule has 1 aromatic heterocycles. The number of rotatable bonds is 7. The van der Waals surface area contributed by atoms with Crippen LogP contribution in [-0.4, -0.2) is 16.9 Å². The second-order valence-electron chi connectivity index (χ2n) is 7.79. The van der Waals surface area contributed by atoms with Crippen molar-refractivity contribution in [1.29, 1.82) is 0 Å². The highest BCUT2D eigenvalue weighted by molar-refractivity contribution is 5.95. The maximum Gasteiger partial charge on any atom is 0.258 e. The Kier molecular flexibility index (Phi) is 6.11. The van der Waals surface area contributed by atoms with Gasteiger partial charge in [-0.25, -0.2) is 0 Å². The van der Waals surface area contributed by atoms with Gasteiger partial charge in [-0.2, -0.15) is 0 Å². The molecular formula is C27H24N2O4. The Morgan fingerprint density at radius 2 is 1.70 bits per heavy atom. The molecule has 0 aliphatic rings. The minimum Gasteiger partial charge on any atom is -0.464 e. The van der Waals surface area contributed by atoms with E-state index in [0.29, 0.717) is 28.8 Å².